The second-order valence-corrected chi connectivity index (χ2v) is 8.34. The molecule has 2 aliphatic heterocycles. The lowest BCUT2D eigenvalue weighted by molar-refractivity contribution is -0.0475. The van der Waals surface area contributed by atoms with Crippen molar-refractivity contribution in [3.05, 3.63) is 34.6 Å². The fraction of sp³-hybridized carbons (Fsp3) is 0.667. The van der Waals surface area contributed by atoms with E-state index >= 15 is 0 Å². The zero-order valence-electron chi connectivity index (χ0n) is 15.8. The van der Waals surface area contributed by atoms with Crippen LogP contribution in [0.15, 0.2) is 12.1 Å². The Kier molecular flexibility index (Phi) is 4.78. The van der Waals surface area contributed by atoms with Crippen molar-refractivity contribution in [2.75, 3.05) is 20.2 Å². The number of ether oxygens (including phenoxy) is 1. The van der Waals surface area contributed by atoms with Crippen LogP contribution in [-0.2, 0) is 17.7 Å². The summed E-state index contributed by atoms with van der Waals surface area (Å²) in [6, 6.07) is 4.16. The van der Waals surface area contributed by atoms with Crippen molar-refractivity contribution in [1.29, 1.82) is 0 Å². The number of benzene rings is 1. The predicted octanol–water partition coefficient (Wildman–Crippen LogP) is 3.28. The Morgan fingerprint density at radius 2 is 2.08 bits per heavy atom. The maximum atomic E-state index is 14.6. The number of hydrogen-bond donors (Lipinski definition) is 1. The fourth-order valence-corrected chi connectivity index (χ4v) is 5.32. The van der Waals surface area contributed by atoms with Crippen LogP contribution in [0.1, 0.15) is 60.5 Å². The van der Waals surface area contributed by atoms with Crippen molar-refractivity contribution in [2.24, 2.45) is 5.41 Å². The number of esters is 1. The van der Waals surface area contributed by atoms with Crippen LogP contribution in [0.25, 0.3) is 0 Å². The average Bonchev–Trinajstić information content (AvgIpc) is 2.65. The van der Waals surface area contributed by atoms with E-state index in [1.54, 1.807) is 0 Å². The lowest BCUT2D eigenvalue weighted by Crippen LogP contribution is -2.57. The second kappa shape index (κ2) is 6.93. The fourth-order valence-electron chi connectivity index (χ4n) is 5.32. The van der Waals surface area contributed by atoms with Gasteiger partial charge in [0, 0.05) is 18.6 Å². The van der Waals surface area contributed by atoms with Gasteiger partial charge in [-0.3, -0.25) is 4.90 Å². The first kappa shape index (κ1) is 17.9. The number of methoxy groups -OCH3 is 1. The quantitative estimate of drug-likeness (QED) is 0.840. The van der Waals surface area contributed by atoms with Crippen molar-refractivity contribution < 1.29 is 13.9 Å². The molecule has 2 heterocycles. The SMILES string of the molecule is CC[C@@H]1Cc2c(F)cc(C(=O)OC)cc2CN1C1CC2(CCNCC2)C1. The third-order valence-electron chi connectivity index (χ3n) is 6.91. The molecule has 1 N–H and O–H groups in total. The molecule has 1 saturated carbocycles. The maximum Gasteiger partial charge on any atom is 0.337 e. The highest BCUT2D eigenvalue weighted by atomic mass is 19.1. The molecule has 0 radical (unpaired) electrons. The average molecular weight is 360 g/mol. The van der Waals surface area contributed by atoms with Gasteiger partial charge in [-0.1, -0.05) is 6.92 Å². The van der Waals surface area contributed by atoms with E-state index in [1.165, 1.54) is 38.9 Å². The van der Waals surface area contributed by atoms with Crippen molar-refractivity contribution >= 4 is 5.97 Å². The number of fused-ring (bicyclic) bond motifs is 1. The molecular weight excluding hydrogens is 331 g/mol. The topological polar surface area (TPSA) is 41.6 Å². The summed E-state index contributed by atoms with van der Waals surface area (Å²) >= 11 is 0. The molecule has 5 heteroatoms. The lowest BCUT2D eigenvalue weighted by atomic mass is 9.59. The molecule has 4 rings (SSSR count). The monoisotopic (exact) mass is 360 g/mol. The van der Waals surface area contributed by atoms with Crippen LogP contribution in [-0.4, -0.2) is 43.2 Å². The van der Waals surface area contributed by atoms with Crippen LogP contribution in [0.3, 0.4) is 0 Å². The van der Waals surface area contributed by atoms with E-state index in [0.717, 1.165) is 43.6 Å². The van der Waals surface area contributed by atoms with Gasteiger partial charge in [0.2, 0.25) is 0 Å². The summed E-state index contributed by atoms with van der Waals surface area (Å²) < 4.78 is 19.4. The lowest BCUT2D eigenvalue weighted by Gasteiger charge is -2.56. The molecule has 26 heavy (non-hydrogen) atoms. The zero-order valence-corrected chi connectivity index (χ0v) is 15.8. The summed E-state index contributed by atoms with van der Waals surface area (Å²) in [6.07, 6.45) is 6.86. The molecule has 4 nitrogen and oxygen atoms in total. The molecule has 1 atom stereocenters. The number of rotatable bonds is 3. The van der Waals surface area contributed by atoms with E-state index in [2.05, 4.69) is 17.1 Å². The number of carbonyl (C=O) groups is 1. The van der Waals surface area contributed by atoms with E-state index in [1.807, 2.05) is 6.07 Å². The summed E-state index contributed by atoms with van der Waals surface area (Å²) in [5.74, 6) is -0.724. The second-order valence-electron chi connectivity index (χ2n) is 8.34. The van der Waals surface area contributed by atoms with E-state index < -0.39 is 5.97 Å². The highest BCUT2D eigenvalue weighted by Crippen LogP contribution is 2.51. The Morgan fingerprint density at radius 3 is 2.73 bits per heavy atom. The van der Waals surface area contributed by atoms with Gasteiger partial charge < -0.3 is 10.1 Å². The molecule has 1 aromatic carbocycles. The van der Waals surface area contributed by atoms with Gasteiger partial charge in [0.05, 0.1) is 12.7 Å². The molecule has 3 aliphatic rings. The van der Waals surface area contributed by atoms with Gasteiger partial charge in [-0.15, -0.1) is 0 Å². The van der Waals surface area contributed by atoms with Crippen LogP contribution >= 0.6 is 0 Å². The summed E-state index contributed by atoms with van der Waals surface area (Å²) in [4.78, 5) is 14.4. The minimum absolute atomic E-state index is 0.260. The summed E-state index contributed by atoms with van der Waals surface area (Å²) in [6.45, 7) is 5.22. The van der Waals surface area contributed by atoms with E-state index in [4.69, 9.17) is 4.74 Å². The Bertz CT molecular complexity index is 691. The van der Waals surface area contributed by atoms with Crippen molar-refractivity contribution in [3.8, 4) is 0 Å². The third-order valence-corrected chi connectivity index (χ3v) is 6.91. The normalized spacial score (nSPS) is 25.6. The van der Waals surface area contributed by atoms with Crippen LogP contribution < -0.4 is 5.32 Å². The minimum atomic E-state index is -0.465. The summed E-state index contributed by atoms with van der Waals surface area (Å²) in [5, 5.41) is 3.46. The first-order valence-corrected chi connectivity index (χ1v) is 9.91. The molecule has 0 aromatic heterocycles. The molecule has 1 aromatic rings. The molecule has 1 saturated heterocycles. The van der Waals surface area contributed by atoms with Crippen molar-refractivity contribution in [1.82, 2.24) is 10.2 Å². The van der Waals surface area contributed by atoms with Crippen LogP contribution in [0, 0.1) is 11.2 Å². The van der Waals surface area contributed by atoms with Crippen LogP contribution in [0.5, 0.6) is 0 Å². The zero-order chi connectivity index (χ0) is 18.3. The van der Waals surface area contributed by atoms with Crippen molar-refractivity contribution in [2.45, 2.75) is 64.1 Å². The Morgan fingerprint density at radius 1 is 1.35 bits per heavy atom. The van der Waals surface area contributed by atoms with Gasteiger partial charge in [-0.05, 0) is 80.3 Å². The number of halogens is 1. The van der Waals surface area contributed by atoms with Gasteiger partial charge in [0.25, 0.3) is 0 Å². The highest BCUT2D eigenvalue weighted by Gasteiger charge is 2.48. The van der Waals surface area contributed by atoms with Crippen molar-refractivity contribution in [3.63, 3.8) is 0 Å². The van der Waals surface area contributed by atoms with Gasteiger partial charge in [-0.2, -0.15) is 0 Å². The summed E-state index contributed by atoms with van der Waals surface area (Å²) in [5.41, 5.74) is 2.60. The minimum Gasteiger partial charge on any atom is -0.465 e. The smallest absolute Gasteiger partial charge is 0.337 e. The predicted molar refractivity (Wildman–Crippen MR) is 98.6 cm³/mol. The number of hydrogen-bond acceptors (Lipinski definition) is 4. The standard InChI is InChI=1S/C21H29FN2O2/c1-3-16-10-18-15(8-14(9-19(18)22)20(25)26-2)13-24(16)17-11-21(12-17)4-6-23-7-5-21/h8-9,16-17,23H,3-7,10-13H2,1-2H3/t16-/m1/s1. The first-order valence-electron chi connectivity index (χ1n) is 9.91. The molecular formula is C21H29FN2O2. The largest absolute Gasteiger partial charge is 0.465 e. The van der Waals surface area contributed by atoms with Crippen LogP contribution in [0.2, 0.25) is 0 Å². The number of piperidine rings is 1. The summed E-state index contributed by atoms with van der Waals surface area (Å²) in [7, 11) is 1.34. The number of carbonyl (C=O) groups excluding carboxylic acids is 1. The van der Waals surface area contributed by atoms with Gasteiger partial charge in [0.15, 0.2) is 0 Å². The molecule has 1 spiro atoms. The van der Waals surface area contributed by atoms with E-state index in [0.29, 0.717) is 23.1 Å². The molecule has 0 amide bonds. The Balaban J connectivity index is 1.55. The molecule has 2 fully saturated rings. The first-order chi connectivity index (χ1) is 12.5. The Hall–Kier alpha value is -1.46. The number of nitrogens with zero attached hydrogens (tertiary/aromatic N) is 1. The van der Waals surface area contributed by atoms with E-state index in [-0.39, 0.29) is 5.82 Å². The van der Waals surface area contributed by atoms with Crippen LogP contribution in [0.4, 0.5) is 4.39 Å². The van der Waals surface area contributed by atoms with Gasteiger partial charge in [0.1, 0.15) is 5.82 Å². The maximum absolute atomic E-state index is 14.6. The number of nitrogens with one attached hydrogen (secondary N) is 1. The van der Waals surface area contributed by atoms with Gasteiger partial charge >= 0.3 is 5.97 Å². The van der Waals surface area contributed by atoms with Gasteiger partial charge in [-0.25, -0.2) is 9.18 Å². The molecule has 1 aliphatic carbocycles. The third kappa shape index (κ3) is 3.05. The van der Waals surface area contributed by atoms with E-state index in [9.17, 15) is 9.18 Å². The molecule has 0 bridgehead atoms. The Labute approximate surface area is 155 Å². The highest BCUT2D eigenvalue weighted by molar-refractivity contribution is 5.89. The molecule has 0 unspecified atom stereocenters. The molecule has 142 valence electrons.